The first-order valence-electron chi connectivity index (χ1n) is 6.23. The molecule has 20 heavy (non-hydrogen) atoms. The van der Waals surface area contributed by atoms with Gasteiger partial charge >= 0.3 is 0 Å². The van der Waals surface area contributed by atoms with E-state index in [1.165, 1.54) is 12.3 Å². The molecule has 2 aromatic rings. The number of anilines is 1. The normalized spacial score (nSPS) is 13.3. The number of furan rings is 1. The summed E-state index contributed by atoms with van der Waals surface area (Å²) in [6, 6.07) is 6.22. The van der Waals surface area contributed by atoms with Gasteiger partial charge < -0.3 is 10.2 Å². The van der Waals surface area contributed by atoms with E-state index in [-0.39, 0.29) is 4.90 Å². The minimum Gasteiger partial charge on any atom is -0.468 e. The molecule has 3 N–H and O–H groups in total. The number of hydrogen-bond donors (Lipinski definition) is 2. The Balaban J connectivity index is 2.36. The van der Waals surface area contributed by atoms with Crippen LogP contribution in [0.2, 0.25) is 0 Å². The van der Waals surface area contributed by atoms with E-state index in [0.717, 1.165) is 5.56 Å². The van der Waals surface area contributed by atoms with Gasteiger partial charge in [-0.25, -0.2) is 13.1 Å². The van der Waals surface area contributed by atoms with Crippen molar-refractivity contribution in [2.75, 3.05) is 5.73 Å². The zero-order valence-corrected chi connectivity index (χ0v) is 12.5. The highest BCUT2D eigenvalue weighted by Crippen LogP contribution is 2.24. The molecule has 0 saturated heterocycles. The standard InChI is InChI=1S/C14H18N2O3S/c1-9-7-12(15)8-14(10(9)2)20(17,18)16-11(3)13-5-4-6-19-13/h4-8,11,16H,15H2,1-3H3. The lowest BCUT2D eigenvalue weighted by molar-refractivity contribution is 0.459. The molecule has 0 saturated carbocycles. The van der Waals surface area contributed by atoms with E-state index in [1.807, 2.05) is 6.92 Å². The lowest BCUT2D eigenvalue weighted by Gasteiger charge is -2.15. The maximum Gasteiger partial charge on any atom is 0.241 e. The van der Waals surface area contributed by atoms with Gasteiger partial charge in [-0.2, -0.15) is 0 Å². The van der Waals surface area contributed by atoms with E-state index < -0.39 is 16.1 Å². The van der Waals surface area contributed by atoms with Crippen molar-refractivity contribution in [3.63, 3.8) is 0 Å². The molecule has 0 aliphatic heterocycles. The van der Waals surface area contributed by atoms with E-state index in [0.29, 0.717) is 17.0 Å². The molecule has 0 radical (unpaired) electrons. The summed E-state index contributed by atoms with van der Waals surface area (Å²) in [5, 5.41) is 0. The second-order valence-corrected chi connectivity index (χ2v) is 6.50. The predicted molar refractivity (Wildman–Crippen MR) is 77.8 cm³/mol. The van der Waals surface area contributed by atoms with Gasteiger partial charge in [-0.3, -0.25) is 0 Å². The highest BCUT2D eigenvalue weighted by Gasteiger charge is 2.22. The van der Waals surface area contributed by atoms with Crippen LogP contribution in [-0.4, -0.2) is 8.42 Å². The zero-order valence-electron chi connectivity index (χ0n) is 11.7. The number of aryl methyl sites for hydroxylation is 1. The van der Waals surface area contributed by atoms with Crippen LogP contribution in [0.3, 0.4) is 0 Å². The second kappa shape index (κ2) is 5.30. The second-order valence-electron chi connectivity index (χ2n) is 4.82. The Morgan fingerprint density at radius 1 is 1.30 bits per heavy atom. The van der Waals surface area contributed by atoms with Crippen LogP contribution >= 0.6 is 0 Å². The van der Waals surface area contributed by atoms with Crippen molar-refractivity contribution in [2.45, 2.75) is 31.7 Å². The minimum atomic E-state index is -3.65. The van der Waals surface area contributed by atoms with Crippen molar-refractivity contribution in [3.05, 3.63) is 47.4 Å². The first kappa shape index (κ1) is 14.6. The highest BCUT2D eigenvalue weighted by molar-refractivity contribution is 7.89. The summed E-state index contributed by atoms with van der Waals surface area (Å²) < 4.78 is 32.7. The summed E-state index contributed by atoms with van der Waals surface area (Å²) in [6.45, 7) is 5.33. The molecule has 108 valence electrons. The van der Waals surface area contributed by atoms with E-state index in [9.17, 15) is 8.42 Å². The molecular weight excluding hydrogens is 276 g/mol. The number of hydrogen-bond acceptors (Lipinski definition) is 4. The van der Waals surface area contributed by atoms with Crippen molar-refractivity contribution in [2.24, 2.45) is 0 Å². The van der Waals surface area contributed by atoms with Crippen molar-refractivity contribution in [1.82, 2.24) is 4.72 Å². The fraction of sp³-hybridized carbons (Fsp3) is 0.286. The Hall–Kier alpha value is -1.79. The first-order valence-corrected chi connectivity index (χ1v) is 7.72. The molecule has 0 amide bonds. The fourth-order valence-electron chi connectivity index (χ4n) is 2.02. The maximum absolute atomic E-state index is 12.5. The van der Waals surface area contributed by atoms with Gasteiger partial charge in [-0.05, 0) is 56.2 Å². The fourth-order valence-corrected chi connectivity index (χ4v) is 3.59. The van der Waals surface area contributed by atoms with Gasteiger partial charge in [-0.15, -0.1) is 0 Å². The van der Waals surface area contributed by atoms with Crippen LogP contribution in [0.1, 0.15) is 29.9 Å². The molecule has 0 aliphatic carbocycles. The van der Waals surface area contributed by atoms with Gasteiger partial charge in [0.2, 0.25) is 10.0 Å². The molecule has 1 heterocycles. The zero-order chi connectivity index (χ0) is 14.9. The monoisotopic (exact) mass is 294 g/mol. The van der Waals surface area contributed by atoms with E-state index in [1.54, 1.807) is 32.0 Å². The van der Waals surface area contributed by atoms with E-state index in [2.05, 4.69) is 4.72 Å². The van der Waals surface area contributed by atoms with Crippen molar-refractivity contribution in [3.8, 4) is 0 Å². The third-order valence-corrected chi connectivity index (χ3v) is 4.90. The summed E-state index contributed by atoms with van der Waals surface area (Å²) >= 11 is 0. The van der Waals surface area contributed by atoms with Crippen molar-refractivity contribution >= 4 is 15.7 Å². The predicted octanol–water partition coefficient (Wildman–Crippen LogP) is 2.52. The third kappa shape index (κ3) is 2.86. The van der Waals surface area contributed by atoms with Gasteiger partial charge in [0.1, 0.15) is 5.76 Å². The molecule has 1 unspecified atom stereocenters. The number of benzene rings is 1. The molecular formula is C14H18N2O3S. The number of sulfonamides is 1. The van der Waals surface area contributed by atoms with Crippen molar-refractivity contribution in [1.29, 1.82) is 0 Å². The van der Waals surface area contributed by atoms with Crippen molar-refractivity contribution < 1.29 is 12.8 Å². The first-order chi connectivity index (χ1) is 9.31. The number of nitrogens with one attached hydrogen (secondary N) is 1. The Morgan fingerprint density at radius 3 is 2.60 bits per heavy atom. The molecule has 1 aromatic carbocycles. The average Bonchev–Trinajstić information content (AvgIpc) is 2.86. The lowest BCUT2D eigenvalue weighted by atomic mass is 10.1. The summed E-state index contributed by atoms with van der Waals surface area (Å²) in [5.74, 6) is 0.562. The van der Waals surface area contributed by atoms with Gasteiger partial charge in [0.15, 0.2) is 0 Å². The van der Waals surface area contributed by atoms with Crippen LogP contribution < -0.4 is 10.5 Å². The van der Waals surface area contributed by atoms with Crippen LogP contribution in [-0.2, 0) is 10.0 Å². The molecule has 1 atom stereocenters. The molecule has 5 nitrogen and oxygen atoms in total. The third-order valence-electron chi connectivity index (χ3n) is 3.23. The SMILES string of the molecule is Cc1cc(N)cc(S(=O)(=O)NC(C)c2ccco2)c1C. The van der Waals surface area contributed by atoms with Crippen LogP contribution in [0.5, 0.6) is 0 Å². The number of nitrogens with two attached hydrogens (primary N) is 1. The van der Waals surface area contributed by atoms with Crippen LogP contribution in [0.15, 0.2) is 39.8 Å². The Bertz CT molecular complexity index is 706. The molecule has 0 spiro atoms. The largest absolute Gasteiger partial charge is 0.468 e. The highest BCUT2D eigenvalue weighted by atomic mass is 32.2. The molecule has 2 rings (SSSR count). The Morgan fingerprint density at radius 2 is 2.00 bits per heavy atom. The van der Waals surface area contributed by atoms with Gasteiger partial charge in [0.05, 0.1) is 17.2 Å². The van der Waals surface area contributed by atoms with Gasteiger partial charge in [-0.1, -0.05) is 0 Å². The topological polar surface area (TPSA) is 85.3 Å². The smallest absolute Gasteiger partial charge is 0.241 e. The maximum atomic E-state index is 12.5. The average molecular weight is 294 g/mol. The molecule has 6 heteroatoms. The van der Waals surface area contributed by atoms with E-state index >= 15 is 0 Å². The number of nitrogen functional groups attached to an aromatic ring is 1. The summed E-state index contributed by atoms with van der Waals surface area (Å²) in [6.07, 6.45) is 1.51. The van der Waals surface area contributed by atoms with E-state index in [4.69, 9.17) is 10.2 Å². The molecule has 1 aromatic heterocycles. The van der Waals surface area contributed by atoms with Crippen LogP contribution in [0.25, 0.3) is 0 Å². The quantitative estimate of drug-likeness (QED) is 0.848. The van der Waals surface area contributed by atoms with Crippen LogP contribution in [0, 0.1) is 13.8 Å². The number of rotatable bonds is 4. The summed E-state index contributed by atoms with van der Waals surface area (Å²) in [7, 11) is -3.65. The molecule has 0 aliphatic rings. The molecule has 0 fully saturated rings. The minimum absolute atomic E-state index is 0.202. The van der Waals surface area contributed by atoms with Gasteiger partial charge in [0.25, 0.3) is 0 Å². The Labute approximate surface area is 118 Å². The Kier molecular flexibility index (Phi) is 3.87. The molecule has 0 bridgehead atoms. The summed E-state index contributed by atoms with van der Waals surface area (Å²) in [4.78, 5) is 0.202. The van der Waals surface area contributed by atoms with Crippen LogP contribution in [0.4, 0.5) is 5.69 Å². The van der Waals surface area contributed by atoms with Gasteiger partial charge in [0, 0.05) is 5.69 Å². The summed E-state index contributed by atoms with van der Waals surface area (Å²) in [5.41, 5.74) is 7.71. The lowest BCUT2D eigenvalue weighted by Crippen LogP contribution is -2.27.